The number of hydrogen-bond donors (Lipinski definition) is 1. The number of likely N-dealkylation sites (tertiary alicyclic amines) is 1. The van der Waals surface area contributed by atoms with Gasteiger partial charge in [0, 0.05) is 25.2 Å². The number of hydrogen-bond acceptors (Lipinski definition) is 3. The van der Waals surface area contributed by atoms with Gasteiger partial charge in [0.25, 0.3) is 0 Å². The first-order valence-electron chi connectivity index (χ1n) is 6.67. The monoisotopic (exact) mass is 225 g/mol. The zero-order chi connectivity index (χ0) is 11.1. The van der Waals surface area contributed by atoms with Gasteiger partial charge in [-0.15, -0.1) is 0 Å². The van der Waals surface area contributed by atoms with Crippen molar-refractivity contribution in [1.29, 1.82) is 0 Å². The van der Waals surface area contributed by atoms with Crippen LogP contribution in [-0.2, 0) is 4.74 Å². The Hall–Kier alpha value is -0.120. The Morgan fingerprint density at radius 3 is 2.31 bits per heavy atom. The first kappa shape index (κ1) is 11.0. The maximum atomic E-state index is 9.35. The van der Waals surface area contributed by atoms with Crippen molar-refractivity contribution in [3.8, 4) is 0 Å². The van der Waals surface area contributed by atoms with Crippen molar-refractivity contribution < 1.29 is 9.84 Å². The summed E-state index contributed by atoms with van der Waals surface area (Å²) in [5, 5.41) is 9.35. The number of rotatable bonds is 3. The molecule has 0 amide bonds. The lowest BCUT2D eigenvalue weighted by molar-refractivity contribution is 0.0609. The molecule has 3 nitrogen and oxygen atoms in total. The minimum absolute atomic E-state index is 0.288. The van der Waals surface area contributed by atoms with Gasteiger partial charge in [-0.1, -0.05) is 0 Å². The molecule has 0 aromatic heterocycles. The van der Waals surface area contributed by atoms with Crippen LogP contribution in [0.2, 0.25) is 0 Å². The molecule has 92 valence electrons. The van der Waals surface area contributed by atoms with Crippen LogP contribution in [0.1, 0.15) is 32.1 Å². The molecule has 0 aromatic carbocycles. The van der Waals surface area contributed by atoms with Crippen LogP contribution in [0, 0.1) is 10.8 Å². The molecule has 1 spiro atoms. The summed E-state index contributed by atoms with van der Waals surface area (Å²) in [5.74, 6) is 0. The molecule has 1 N–H and O–H groups in total. The second-order valence-electron chi connectivity index (χ2n) is 6.24. The van der Waals surface area contributed by atoms with Crippen molar-refractivity contribution in [2.24, 2.45) is 10.8 Å². The minimum atomic E-state index is 0.288. The maximum Gasteiger partial charge on any atom is 0.0524 e. The van der Waals surface area contributed by atoms with Gasteiger partial charge in [-0.2, -0.15) is 0 Å². The molecular formula is C13H23NO2. The third kappa shape index (κ3) is 2.01. The third-order valence-electron chi connectivity index (χ3n) is 4.95. The predicted molar refractivity (Wildman–Crippen MR) is 62.3 cm³/mol. The molecule has 0 unspecified atom stereocenters. The van der Waals surface area contributed by atoms with Gasteiger partial charge < -0.3 is 14.7 Å². The van der Waals surface area contributed by atoms with Gasteiger partial charge in [0.15, 0.2) is 0 Å². The number of aliphatic hydroxyl groups is 1. The summed E-state index contributed by atoms with van der Waals surface area (Å²) >= 11 is 0. The smallest absolute Gasteiger partial charge is 0.0524 e. The average molecular weight is 225 g/mol. The van der Waals surface area contributed by atoms with Crippen LogP contribution in [0.5, 0.6) is 0 Å². The molecule has 0 atom stereocenters. The van der Waals surface area contributed by atoms with E-state index >= 15 is 0 Å². The van der Waals surface area contributed by atoms with E-state index in [0.717, 1.165) is 19.8 Å². The van der Waals surface area contributed by atoms with E-state index in [1.807, 2.05) is 0 Å². The quantitative estimate of drug-likeness (QED) is 0.785. The molecule has 1 saturated carbocycles. The Morgan fingerprint density at radius 2 is 1.81 bits per heavy atom. The lowest BCUT2D eigenvalue weighted by atomic mass is 9.78. The van der Waals surface area contributed by atoms with Crippen molar-refractivity contribution in [3.63, 3.8) is 0 Å². The molecule has 0 bridgehead atoms. The summed E-state index contributed by atoms with van der Waals surface area (Å²) in [4.78, 5) is 2.56. The SMILES string of the molecule is OCC1(CN2CCC3(CCOC3)CC2)CC1. The minimum Gasteiger partial charge on any atom is -0.396 e. The zero-order valence-electron chi connectivity index (χ0n) is 10.1. The summed E-state index contributed by atoms with van der Waals surface area (Å²) in [6.07, 6.45) is 6.33. The van der Waals surface area contributed by atoms with Gasteiger partial charge >= 0.3 is 0 Å². The summed E-state index contributed by atoms with van der Waals surface area (Å²) in [5.41, 5.74) is 0.809. The van der Waals surface area contributed by atoms with Crippen molar-refractivity contribution in [1.82, 2.24) is 4.90 Å². The zero-order valence-corrected chi connectivity index (χ0v) is 10.1. The Balaban J connectivity index is 1.51. The Morgan fingerprint density at radius 1 is 1.06 bits per heavy atom. The molecule has 2 heterocycles. The largest absolute Gasteiger partial charge is 0.396 e. The highest BCUT2D eigenvalue weighted by Crippen LogP contribution is 2.47. The molecule has 0 radical (unpaired) electrons. The normalized spacial score (nSPS) is 32.1. The van der Waals surface area contributed by atoms with Gasteiger partial charge in [0.05, 0.1) is 6.61 Å². The van der Waals surface area contributed by atoms with Crippen LogP contribution >= 0.6 is 0 Å². The van der Waals surface area contributed by atoms with E-state index in [1.165, 1.54) is 45.2 Å². The second kappa shape index (κ2) is 3.97. The van der Waals surface area contributed by atoms with E-state index in [-0.39, 0.29) is 5.41 Å². The Kier molecular flexibility index (Phi) is 2.73. The average Bonchev–Trinajstić information content (AvgIpc) is 2.95. The fourth-order valence-corrected chi connectivity index (χ4v) is 3.25. The standard InChI is InChI=1S/C13H23NO2/c15-10-13(1-2-13)9-14-6-3-12(4-7-14)5-8-16-11-12/h15H,1-11H2. The number of ether oxygens (including phenoxy) is 1. The van der Waals surface area contributed by atoms with Crippen LogP contribution < -0.4 is 0 Å². The van der Waals surface area contributed by atoms with Crippen molar-refractivity contribution in [3.05, 3.63) is 0 Å². The highest BCUT2D eigenvalue weighted by Gasteiger charge is 2.45. The molecule has 3 fully saturated rings. The number of nitrogens with zero attached hydrogens (tertiary/aromatic N) is 1. The molecule has 3 aliphatic rings. The van der Waals surface area contributed by atoms with E-state index < -0.39 is 0 Å². The first-order valence-corrected chi connectivity index (χ1v) is 6.67. The van der Waals surface area contributed by atoms with Crippen LogP contribution in [0.25, 0.3) is 0 Å². The van der Waals surface area contributed by atoms with Crippen LogP contribution in [0.15, 0.2) is 0 Å². The highest BCUT2D eigenvalue weighted by atomic mass is 16.5. The maximum absolute atomic E-state index is 9.35. The van der Waals surface area contributed by atoms with Gasteiger partial charge in [-0.05, 0) is 50.6 Å². The summed E-state index contributed by atoms with van der Waals surface area (Å²) in [6, 6.07) is 0. The van der Waals surface area contributed by atoms with Crippen molar-refractivity contribution in [2.75, 3.05) is 39.5 Å². The number of aliphatic hydroxyl groups excluding tert-OH is 1. The molecule has 1 aliphatic carbocycles. The highest BCUT2D eigenvalue weighted by molar-refractivity contribution is 4.97. The molecular weight excluding hydrogens is 202 g/mol. The van der Waals surface area contributed by atoms with E-state index in [2.05, 4.69) is 4.90 Å². The van der Waals surface area contributed by atoms with Gasteiger partial charge in [0.2, 0.25) is 0 Å². The summed E-state index contributed by atoms with van der Waals surface area (Å²) in [6.45, 7) is 5.90. The van der Waals surface area contributed by atoms with Gasteiger partial charge in [-0.25, -0.2) is 0 Å². The van der Waals surface area contributed by atoms with Crippen molar-refractivity contribution >= 4 is 0 Å². The first-order chi connectivity index (χ1) is 7.76. The molecule has 3 heteroatoms. The summed E-state index contributed by atoms with van der Waals surface area (Å²) in [7, 11) is 0. The Labute approximate surface area is 97.8 Å². The third-order valence-corrected chi connectivity index (χ3v) is 4.95. The second-order valence-corrected chi connectivity index (χ2v) is 6.24. The molecule has 0 aromatic rings. The lowest BCUT2D eigenvalue weighted by Gasteiger charge is -2.39. The van der Waals surface area contributed by atoms with E-state index in [4.69, 9.17) is 4.74 Å². The van der Waals surface area contributed by atoms with E-state index in [1.54, 1.807) is 0 Å². The molecule has 2 saturated heterocycles. The van der Waals surface area contributed by atoms with Crippen LogP contribution in [0.3, 0.4) is 0 Å². The van der Waals surface area contributed by atoms with Crippen LogP contribution in [0.4, 0.5) is 0 Å². The Bertz CT molecular complexity index is 247. The molecule has 16 heavy (non-hydrogen) atoms. The van der Waals surface area contributed by atoms with Crippen LogP contribution in [-0.4, -0.2) is 49.5 Å². The molecule has 3 rings (SSSR count). The fourth-order valence-electron chi connectivity index (χ4n) is 3.25. The molecule has 2 aliphatic heterocycles. The summed E-state index contributed by atoms with van der Waals surface area (Å²) < 4.78 is 5.55. The van der Waals surface area contributed by atoms with Crippen molar-refractivity contribution in [2.45, 2.75) is 32.1 Å². The van der Waals surface area contributed by atoms with E-state index in [0.29, 0.717) is 12.0 Å². The lowest BCUT2D eigenvalue weighted by Crippen LogP contribution is -2.43. The van der Waals surface area contributed by atoms with E-state index in [9.17, 15) is 5.11 Å². The fraction of sp³-hybridized carbons (Fsp3) is 1.00. The topological polar surface area (TPSA) is 32.7 Å². The predicted octanol–water partition coefficient (Wildman–Crippen LogP) is 1.26. The van der Waals surface area contributed by atoms with Gasteiger partial charge in [0.1, 0.15) is 0 Å². The number of piperidine rings is 1. The van der Waals surface area contributed by atoms with Gasteiger partial charge in [-0.3, -0.25) is 0 Å².